The third kappa shape index (κ3) is 5.58. The van der Waals surface area contributed by atoms with Crippen molar-refractivity contribution in [2.45, 2.75) is 32.8 Å². The molecule has 1 unspecified atom stereocenters. The van der Waals surface area contributed by atoms with Crippen molar-refractivity contribution < 1.29 is 9.47 Å². The fourth-order valence-electron chi connectivity index (χ4n) is 1.61. The molecule has 1 saturated heterocycles. The second-order valence-corrected chi connectivity index (χ2v) is 4.19. The third-order valence-electron chi connectivity index (χ3n) is 2.48. The first-order valence-electron chi connectivity index (χ1n) is 5.69. The topological polar surface area (TPSA) is 30.5 Å². The molecule has 1 fully saturated rings. The quantitative estimate of drug-likeness (QED) is 0.632. The zero-order valence-corrected chi connectivity index (χ0v) is 9.42. The van der Waals surface area contributed by atoms with E-state index < -0.39 is 0 Å². The van der Waals surface area contributed by atoms with E-state index in [1.807, 2.05) is 0 Å². The molecule has 0 saturated carbocycles. The molecule has 0 spiro atoms. The molecular formula is C11H23NO2. The van der Waals surface area contributed by atoms with Crippen LogP contribution in [0.3, 0.4) is 0 Å². The van der Waals surface area contributed by atoms with E-state index in [0.717, 1.165) is 38.8 Å². The van der Waals surface area contributed by atoms with Crippen LogP contribution in [0.1, 0.15) is 26.7 Å². The lowest BCUT2D eigenvalue weighted by Gasteiger charge is -2.10. The Morgan fingerprint density at radius 1 is 1.43 bits per heavy atom. The maximum Gasteiger partial charge on any atom is 0.0594 e. The molecule has 1 heterocycles. The molecule has 1 aliphatic heterocycles. The molecule has 1 atom stereocenters. The first kappa shape index (κ1) is 12.0. The summed E-state index contributed by atoms with van der Waals surface area (Å²) < 4.78 is 10.7. The SMILES string of the molecule is CC(C)OCCNCCC1CCOC1. The van der Waals surface area contributed by atoms with Crippen LogP contribution in [0.4, 0.5) is 0 Å². The van der Waals surface area contributed by atoms with Gasteiger partial charge in [0.05, 0.1) is 12.7 Å². The number of hydrogen-bond acceptors (Lipinski definition) is 3. The van der Waals surface area contributed by atoms with Crippen LogP contribution in [-0.4, -0.2) is 39.0 Å². The van der Waals surface area contributed by atoms with Crippen LogP contribution in [0, 0.1) is 5.92 Å². The van der Waals surface area contributed by atoms with Crippen LogP contribution in [-0.2, 0) is 9.47 Å². The highest BCUT2D eigenvalue weighted by Gasteiger charge is 2.14. The Morgan fingerprint density at radius 3 is 2.93 bits per heavy atom. The Hall–Kier alpha value is -0.120. The second-order valence-electron chi connectivity index (χ2n) is 4.19. The van der Waals surface area contributed by atoms with Gasteiger partial charge >= 0.3 is 0 Å². The van der Waals surface area contributed by atoms with Crippen molar-refractivity contribution in [1.82, 2.24) is 5.32 Å². The van der Waals surface area contributed by atoms with Crippen LogP contribution < -0.4 is 5.32 Å². The largest absolute Gasteiger partial charge is 0.381 e. The van der Waals surface area contributed by atoms with E-state index >= 15 is 0 Å². The maximum atomic E-state index is 5.43. The minimum atomic E-state index is 0.347. The van der Waals surface area contributed by atoms with Crippen LogP contribution in [0.25, 0.3) is 0 Å². The predicted molar refractivity (Wildman–Crippen MR) is 57.5 cm³/mol. The molecule has 0 aromatic heterocycles. The highest BCUT2D eigenvalue weighted by Crippen LogP contribution is 2.14. The Balaban J connectivity index is 1.79. The molecule has 3 nitrogen and oxygen atoms in total. The smallest absolute Gasteiger partial charge is 0.0594 e. The molecule has 3 heteroatoms. The standard InChI is InChI=1S/C11H23NO2/c1-10(2)14-8-6-12-5-3-11-4-7-13-9-11/h10-12H,3-9H2,1-2H3. The fourth-order valence-corrected chi connectivity index (χ4v) is 1.61. The van der Waals surface area contributed by atoms with Gasteiger partial charge in [0.2, 0.25) is 0 Å². The maximum absolute atomic E-state index is 5.43. The number of nitrogens with one attached hydrogen (secondary N) is 1. The molecule has 0 radical (unpaired) electrons. The minimum absolute atomic E-state index is 0.347. The van der Waals surface area contributed by atoms with Crippen LogP contribution in [0.2, 0.25) is 0 Å². The molecule has 84 valence electrons. The molecule has 0 aromatic rings. The lowest BCUT2D eigenvalue weighted by atomic mass is 10.1. The summed E-state index contributed by atoms with van der Waals surface area (Å²) in [6.45, 7) is 8.93. The number of ether oxygens (including phenoxy) is 2. The van der Waals surface area contributed by atoms with Gasteiger partial charge in [-0.2, -0.15) is 0 Å². The average Bonchev–Trinajstić information content (AvgIpc) is 2.63. The van der Waals surface area contributed by atoms with Crippen molar-refractivity contribution in [1.29, 1.82) is 0 Å². The van der Waals surface area contributed by atoms with Gasteiger partial charge in [-0.1, -0.05) is 0 Å². The van der Waals surface area contributed by atoms with Crippen molar-refractivity contribution in [3.8, 4) is 0 Å². The van der Waals surface area contributed by atoms with Crippen molar-refractivity contribution in [3.05, 3.63) is 0 Å². The Morgan fingerprint density at radius 2 is 2.29 bits per heavy atom. The van der Waals surface area contributed by atoms with Gasteiger partial charge in [0, 0.05) is 19.8 Å². The number of rotatable bonds is 7. The summed E-state index contributed by atoms with van der Waals surface area (Å²) in [6, 6.07) is 0. The van der Waals surface area contributed by atoms with Crippen molar-refractivity contribution in [2.75, 3.05) is 32.9 Å². The van der Waals surface area contributed by atoms with Gasteiger partial charge < -0.3 is 14.8 Å². The first-order valence-corrected chi connectivity index (χ1v) is 5.69. The van der Waals surface area contributed by atoms with Gasteiger partial charge in [-0.15, -0.1) is 0 Å². The van der Waals surface area contributed by atoms with Crippen LogP contribution >= 0.6 is 0 Å². The lowest BCUT2D eigenvalue weighted by Crippen LogP contribution is -2.24. The lowest BCUT2D eigenvalue weighted by molar-refractivity contribution is 0.0807. The van der Waals surface area contributed by atoms with E-state index in [2.05, 4.69) is 19.2 Å². The van der Waals surface area contributed by atoms with Crippen molar-refractivity contribution in [3.63, 3.8) is 0 Å². The summed E-state index contributed by atoms with van der Waals surface area (Å²) in [6.07, 6.45) is 2.83. The predicted octanol–water partition coefficient (Wildman–Crippen LogP) is 1.43. The molecule has 0 bridgehead atoms. The molecule has 0 aliphatic carbocycles. The second kappa shape index (κ2) is 7.21. The molecule has 0 amide bonds. The summed E-state index contributed by atoms with van der Waals surface area (Å²) in [5.41, 5.74) is 0. The van der Waals surface area contributed by atoms with Gasteiger partial charge in [-0.25, -0.2) is 0 Å². The minimum Gasteiger partial charge on any atom is -0.381 e. The normalized spacial score (nSPS) is 22.1. The molecule has 14 heavy (non-hydrogen) atoms. The molecular weight excluding hydrogens is 178 g/mol. The average molecular weight is 201 g/mol. The summed E-state index contributed by atoms with van der Waals surface area (Å²) in [5, 5.41) is 3.39. The first-order chi connectivity index (χ1) is 6.79. The zero-order chi connectivity index (χ0) is 10.2. The Bertz CT molecular complexity index is 133. The summed E-state index contributed by atoms with van der Waals surface area (Å²) in [4.78, 5) is 0. The van der Waals surface area contributed by atoms with Gasteiger partial charge in [-0.3, -0.25) is 0 Å². The van der Waals surface area contributed by atoms with Gasteiger partial charge in [-0.05, 0) is 39.2 Å². The van der Waals surface area contributed by atoms with E-state index in [-0.39, 0.29) is 0 Å². The summed E-state index contributed by atoms with van der Waals surface area (Å²) in [7, 11) is 0. The van der Waals surface area contributed by atoms with Gasteiger partial charge in [0.15, 0.2) is 0 Å². The molecule has 0 aromatic carbocycles. The molecule has 1 N–H and O–H groups in total. The highest BCUT2D eigenvalue weighted by atomic mass is 16.5. The van der Waals surface area contributed by atoms with Gasteiger partial charge in [0.1, 0.15) is 0 Å². The van der Waals surface area contributed by atoms with E-state index in [4.69, 9.17) is 9.47 Å². The number of hydrogen-bond donors (Lipinski definition) is 1. The van der Waals surface area contributed by atoms with E-state index in [1.165, 1.54) is 12.8 Å². The third-order valence-corrected chi connectivity index (χ3v) is 2.48. The van der Waals surface area contributed by atoms with E-state index in [9.17, 15) is 0 Å². The van der Waals surface area contributed by atoms with Crippen LogP contribution in [0.15, 0.2) is 0 Å². The monoisotopic (exact) mass is 201 g/mol. The van der Waals surface area contributed by atoms with E-state index in [1.54, 1.807) is 0 Å². The zero-order valence-electron chi connectivity index (χ0n) is 9.42. The fraction of sp³-hybridized carbons (Fsp3) is 1.00. The van der Waals surface area contributed by atoms with Crippen LogP contribution in [0.5, 0.6) is 0 Å². The van der Waals surface area contributed by atoms with Crippen molar-refractivity contribution in [2.24, 2.45) is 5.92 Å². The molecule has 1 aliphatic rings. The molecule has 1 rings (SSSR count). The summed E-state index contributed by atoms with van der Waals surface area (Å²) >= 11 is 0. The van der Waals surface area contributed by atoms with Crippen molar-refractivity contribution >= 4 is 0 Å². The Labute approximate surface area is 87.2 Å². The van der Waals surface area contributed by atoms with E-state index in [0.29, 0.717) is 6.10 Å². The van der Waals surface area contributed by atoms with Gasteiger partial charge in [0.25, 0.3) is 0 Å². The summed E-state index contributed by atoms with van der Waals surface area (Å²) in [5.74, 6) is 0.786. The Kier molecular flexibility index (Phi) is 6.15. The highest BCUT2D eigenvalue weighted by molar-refractivity contribution is 4.65.